The third-order valence-corrected chi connectivity index (χ3v) is 4.06. The van der Waals surface area contributed by atoms with Crippen molar-refractivity contribution in [2.45, 2.75) is 84.5 Å². The predicted octanol–water partition coefficient (Wildman–Crippen LogP) is 5.45. The fourth-order valence-corrected chi connectivity index (χ4v) is 2.30. The molecule has 0 fully saturated rings. The van der Waals surface area contributed by atoms with E-state index in [-0.39, 0.29) is 5.41 Å². The first kappa shape index (κ1) is 17.7. The number of hydrogen-bond donors (Lipinski definition) is 1. The van der Waals surface area contributed by atoms with Crippen LogP contribution in [0.15, 0.2) is 12.7 Å². The van der Waals surface area contributed by atoms with Gasteiger partial charge in [-0.2, -0.15) is 0 Å². The number of nitrogens with two attached hydrogens (primary N) is 1. The van der Waals surface area contributed by atoms with E-state index < -0.39 is 0 Å². The van der Waals surface area contributed by atoms with Gasteiger partial charge in [0, 0.05) is 6.54 Å². The van der Waals surface area contributed by atoms with E-state index >= 15 is 0 Å². The third-order valence-electron chi connectivity index (χ3n) is 4.06. The van der Waals surface area contributed by atoms with E-state index in [1.807, 2.05) is 6.08 Å². The summed E-state index contributed by atoms with van der Waals surface area (Å²) in [6.45, 7) is 9.11. The van der Waals surface area contributed by atoms with Gasteiger partial charge in [-0.15, -0.1) is 6.58 Å². The molecule has 0 bridgehead atoms. The summed E-state index contributed by atoms with van der Waals surface area (Å²) in [7, 11) is 0. The topological polar surface area (TPSA) is 26.0 Å². The van der Waals surface area contributed by atoms with Crippen LogP contribution in [0.25, 0.3) is 0 Å². The summed E-state index contributed by atoms with van der Waals surface area (Å²) in [5, 5.41) is 0. The summed E-state index contributed by atoms with van der Waals surface area (Å²) in [4.78, 5) is 0. The second kappa shape index (κ2) is 11.8. The Hall–Kier alpha value is -0.300. The van der Waals surface area contributed by atoms with Gasteiger partial charge in [0.05, 0.1) is 0 Å². The Bertz CT molecular complexity index is 188. The largest absolute Gasteiger partial charge is 0.330 e. The van der Waals surface area contributed by atoms with E-state index in [4.69, 9.17) is 5.73 Å². The zero-order valence-electron chi connectivity index (χ0n) is 12.8. The molecule has 0 saturated heterocycles. The highest BCUT2D eigenvalue weighted by Gasteiger charge is 2.16. The molecule has 0 saturated carbocycles. The molecule has 0 aromatic carbocycles. The van der Waals surface area contributed by atoms with Gasteiger partial charge in [-0.05, 0) is 11.8 Å². The zero-order valence-corrected chi connectivity index (χ0v) is 12.8. The molecule has 1 heteroatoms. The summed E-state index contributed by atoms with van der Waals surface area (Å²) in [5.41, 5.74) is 5.93. The smallest absolute Gasteiger partial charge is 0.00114 e. The third kappa shape index (κ3) is 9.70. The van der Waals surface area contributed by atoms with Crippen LogP contribution in [0.5, 0.6) is 0 Å². The molecule has 108 valence electrons. The zero-order chi connectivity index (χ0) is 13.7. The van der Waals surface area contributed by atoms with E-state index in [1.54, 1.807) is 0 Å². The summed E-state index contributed by atoms with van der Waals surface area (Å²) in [6, 6.07) is 0. The Morgan fingerprint density at radius 1 is 0.889 bits per heavy atom. The Balaban J connectivity index is 3.23. The minimum atomic E-state index is 0.167. The van der Waals surface area contributed by atoms with Crippen LogP contribution < -0.4 is 5.73 Å². The average Bonchev–Trinajstić information content (AvgIpc) is 2.40. The molecule has 18 heavy (non-hydrogen) atoms. The van der Waals surface area contributed by atoms with Gasteiger partial charge < -0.3 is 5.73 Å². The van der Waals surface area contributed by atoms with Crippen LogP contribution in [0, 0.1) is 5.41 Å². The summed E-state index contributed by atoms with van der Waals surface area (Å²) < 4.78 is 0. The van der Waals surface area contributed by atoms with E-state index in [2.05, 4.69) is 20.4 Å². The second-order valence-corrected chi connectivity index (χ2v) is 5.99. The van der Waals surface area contributed by atoms with Crippen molar-refractivity contribution in [2.75, 3.05) is 6.54 Å². The van der Waals surface area contributed by atoms with Gasteiger partial charge in [-0.3, -0.25) is 0 Å². The van der Waals surface area contributed by atoms with Crippen LogP contribution in [0.1, 0.15) is 84.5 Å². The number of rotatable bonds is 13. The molecule has 0 aliphatic carbocycles. The van der Waals surface area contributed by atoms with Crippen molar-refractivity contribution in [1.29, 1.82) is 0 Å². The van der Waals surface area contributed by atoms with Crippen molar-refractivity contribution in [1.82, 2.24) is 0 Å². The maximum atomic E-state index is 5.77. The maximum Gasteiger partial charge on any atom is 0.00114 e. The lowest BCUT2D eigenvalue weighted by atomic mass is 9.85. The maximum absolute atomic E-state index is 5.77. The summed E-state index contributed by atoms with van der Waals surface area (Å²) in [6.07, 6.45) is 17.2. The van der Waals surface area contributed by atoms with E-state index in [0.29, 0.717) is 0 Å². The molecule has 0 spiro atoms. The Kier molecular flexibility index (Phi) is 11.6. The van der Waals surface area contributed by atoms with Crippen LogP contribution in [0.2, 0.25) is 0 Å². The molecule has 0 heterocycles. The molecule has 2 N–H and O–H groups in total. The minimum absolute atomic E-state index is 0.167. The van der Waals surface area contributed by atoms with Gasteiger partial charge in [0.15, 0.2) is 0 Å². The monoisotopic (exact) mass is 253 g/mol. The van der Waals surface area contributed by atoms with Gasteiger partial charge in [0.25, 0.3) is 0 Å². The molecule has 0 amide bonds. The average molecular weight is 253 g/mol. The fraction of sp³-hybridized carbons (Fsp3) is 0.882. The Morgan fingerprint density at radius 2 is 1.33 bits per heavy atom. The molecule has 0 radical (unpaired) electrons. The molecular formula is C17H35N. The first-order chi connectivity index (χ1) is 8.68. The van der Waals surface area contributed by atoms with E-state index in [0.717, 1.165) is 6.54 Å². The number of unbranched alkanes of at least 4 members (excludes halogenated alkanes) is 9. The highest BCUT2D eigenvalue weighted by Crippen LogP contribution is 2.24. The molecule has 0 aliphatic rings. The van der Waals surface area contributed by atoms with Crippen LogP contribution in [0.4, 0.5) is 0 Å². The number of hydrogen-bond acceptors (Lipinski definition) is 1. The molecular weight excluding hydrogens is 218 g/mol. The van der Waals surface area contributed by atoms with Gasteiger partial charge in [0.1, 0.15) is 0 Å². The Labute approximate surface area is 115 Å². The highest BCUT2D eigenvalue weighted by molar-refractivity contribution is 4.91. The van der Waals surface area contributed by atoms with Crippen molar-refractivity contribution < 1.29 is 0 Å². The first-order valence-electron chi connectivity index (χ1n) is 8.02. The van der Waals surface area contributed by atoms with Crippen LogP contribution in [-0.2, 0) is 0 Å². The standard InChI is InChI=1S/C17H35N/c1-4-6-7-8-9-10-11-12-13-14-15-17(3,5-2)16-18/h5H,2,4,6-16,18H2,1,3H3. The molecule has 0 aromatic rings. The minimum Gasteiger partial charge on any atom is -0.330 e. The quantitative estimate of drug-likeness (QED) is 0.343. The summed E-state index contributed by atoms with van der Waals surface area (Å²) in [5.74, 6) is 0. The van der Waals surface area contributed by atoms with Crippen molar-refractivity contribution in [3.8, 4) is 0 Å². The van der Waals surface area contributed by atoms with Gasteiger partial charge in [-0.25, -0.2) is 0 Å². The predicted molar refractivity (Wildman–Crippen MR) is 83.8 cm³/mol. The van der Waals surface area contributed by atoms with Crippen molar-refractivity contribution in [2.24, 2.45) is 11.1 Å². The SMILES string of the molecule is C=CC(C)(CN)CCCCCCCCCCCC. The van der Waals surface area contributed by atoms with Crippen LogP contribution in [-0.4, -0.2) is 6.54 Å². The van der Waals surface area contributed by atoms with E-state index in [1.165, 1.54) is 70.6 Å². The van der Waals surface area contributed by atoms with Gasteiger partial charge >= 0.3 is 0 Å². The van der Waals surface area contributed by atoms with E-state index in [9.17, 15) is 0 Å². The fourth-order valence-electron chi connectivity index (χ4n) is 2.30. The highest BCUT2D eigenvalue weighted by atomic mass is 14.6. The normalized spacial score (nSPS) is 14.4. The van der Waals surface area contributed by atoms with Crippen molar-refractivity contribution in [3.63, 3.8) is 0 Å². The Morgan fingerprint density at radius 3 is 1.72 bits per heavy atom. The molecule has 1 nitrogen and oxygen atoms in total. The lowest BCUT2D eigenvalue weighted by Gasteiger charge is -2.23. The van der Waals surface area contributed by atoms with Crippen molar-refractivity contribution in [3.05, 3.63) is 12.7 Å². The van der Waals surface area contributed by atoms with Crippen LogP contribution >= 0.6 is 0 Å². The molecule has 0 aromatic heterocycles. The second-order valence-electron chi connectivity index (χ2n) is 5.99. The first-order valence-corrected chi connectivity index (χ1v) is 8.02. The molecule has 0 aliphatic heterocycles. The molecule has 1 unspecified atom stereocenters. The lowest BCUT2D eigenvalue weighted by molar-refractivity contribution is 0.380. The van der Waals surface area contributed by atoms with Crippen molar-refractivity contribution >= 4 is 0 Å². The molecule has 1 atom stereocenters. The van der Waals surface area contributed by atoms with Crippen LogP contribution in [0.3, 0.4) is 0 Å². The van der Waals surface area contributed by atoms with Gasteiger partial charge in [-0.1, -0.05) is 84.1 Å². The molecule has 0 rings (SSSR count). The summed E-state index contributed by atoms with van der Waals surface area (Å²) >= 11 is 0. The lowest BCUT2D eigenvalue weighted by Crippen LogP contribution is -2.24. The van der Waals surface area contributed by atoms with Gasteiger partial charge in [0.2, 0.25) is 0 Å².